The molecule has 0 atom stereocenters. The summed E-state index contributed by atoms with van der Waals surface area (Å²) in [5.41, 5.74) is 2.59. The molecule has 3 heterocycles. The zero-order valence-corrected chi connectivity index (χ0v) is 16.8. The van der Waals surface area contributed by atoms with Crippen LogP contribution < -0.4 is 10.6 Å². The molecule has 3 aromatic rings. The Balaban J connectivity index is 1.32. The van der Waals surface area contributed by atoms with Gasteiger partial charge in [-0.3, -0.25) is 9.59 Å². The average Bonchev–Trinajstić information content (AvgIpc) is 3.43. The van der Waals surface area contributed by atoms with Crippen LogP contribution in [0.2, 0.25) is 0 Å². The minimum Gasteiger partial charge on any atom is -0.361 e. The summed E-state index contributed by atoms with van der Waals surface area (Å²) in [5, 5.41) is 9.09. The lowest BCUT2D eigenvalue weighted by atomic mass is 10.1. The molecule has 1 aliphatic carbocycles. The molecule has 5 rings (SSSR count). The van der Waals surface area contributed by atoms with Crippen LogP contribution in [-0.2, 0) is 17.8 Å². The molecule has 1 aromatic carbocycles. The van der Waals surface area contributed by atoms with Gasteiger partial charge in [-0.05, 0) is 48.4 Å². The fourth-order valence-corrected chi connectivity index (χ4v) is 4.57. The van der Waals surface area contributed by atoms with Crippen LogP contribution in [0.25, 0.3) is 10.9 Å². The van der Waals surface area contributed by atoms with Gasteiger partial charge in [0.2, 0.25) is 5.91 Å². The summed E-state index contributed by atoms with van der Waals surface area (Å²) >= 11 is 1.76. The molecule has 148 valence electrons. The van der Waals surface area contributed by atoms with Gasteiger partial charge >= 0.3 is 0 Å². The van der Waals surface area contributed by atoms with Crippen LogP contribution in [0.4, 0.5) is 5.82 Å². The first-order chi connectivity index (χ1) is 14.2. The number of nitrogens with one attached hydrogen (secondary N) is 2. The second-order valence-electron chi connectivity index (χ2n) is 7.61. The van der Waals surface area contributed by atoms with E-state index < -0.39 is 0 Å². The summed E-state index contributed by atoms with van der Waals surface area (Å²) in [7, 11) is 0. The summed E-state index contributed by atoms with van der Waals surface area (Å²) in [4.78, 5) is 33.3. The van der Waals surface area contributed by atoms with Crippen molar-refractivity contribution in [3.8, 4) is 0 Å². The molecule has 2 aliphatic rings. The highest BCUT2D eigenvalue weighted by Crippen LogP contribution is 2.25. The van der Waals surface area contributed by atoms with Gasteiger partial charge in [0.05, 0.1) is 17.6 Å². The fraction of sp³-hybridized carbons (Fsp3) is 0.318. The Morgan fingerprint density at radius 3 is 2.93 bits per heavy atom. The van der Waals surface area contributed by atoms with E-state index in [1.807, 2.05) is 29.2 Å². The highest BCUT2D eigenvalue weighted by atomic mass is 32.1. The average molecular weight is 407 g/mol. The van der Waals surface area contributed by atoms with Gasteiger partial charge in [-0.1, -0.05) is 18.2 Å². The Morgan fingerprint density at radius 2 is 2.07 bits per heavy atom. The van der Waals surface area contributed by atoms with Crippen molar-refractivity contribution in [2.24, 2.45) is 0 Å². The molecule has 0 saturated heterocycles. The molecule has 0 spiro atoms. The van der Waals surface area contributed by atoms with Gasteiger partial charge in [-0.15, -0.1) is 11.3 Å². The van der Waals surface area contributed by atoms with E-state index >= 15 is 0 Å². The topological polar surface area (TPSA) is 74.3 Å². The number of aromatic nitrogens is 1. The molecule has 2 aromatic heterocycles. The van der Waals surface area contributed by atoms with E-state index in [4.69, 9.17) is 0 Å². The predicted octanol–water partition coefficient (Wildman–Crippen LogP) is 3.19. The first-order valence-electron chi connectivity index (χ1n) is 9.95. The van der Waals surface area contributed by atoms with Gasteiger partial charge in [0.25, 0.3) is 5.91 Å². The minimum atomic E-state index is -0.0819. The number of anilines is 1. The highest BCUT2D eigenvalue weighted by Gasteiger charge is 2.25. The maximum absolute atomic E-state index is 12.7. The molecule has 7 heteroatoms. The lowest BCUT2D eigenvalue weighted by Gasteiger charge is -2.27. The van der Waals surface area contributed by atoms with E-state index in [2.05, 4.69) is 27.1 Å². The number of pyridine rings is 1. The van der Waals surface area contributed by atoms with Crippen LogP contribution in [0.15, 0.2) is 41.8 Å². The van der Waals surface area contributed by atoms with E-state index in [1.54, 1.807) is 17.4 Å². The third kappa shape index (κ3) is 3.82. The van der Waals surface area contributed by atoms with E-state index in [1.165, 1.54) is 10.4 Å². The fourth-order valence-electron chi connectivity index (χ4n) is 3.68. The number of thiophene rings is 1. The first-order valence-corrected chi connectivity index (χ1v) is 10.8. The Morgan fingerprint density at radius 1 is 1.21 bits per heavy atom. The molecule has 1 aliphatic heterocycles. The summed E-state index contributed by atoms with van der Waals surface area (Å²) in [6, 6.07) is 11.7. The smallest absolute Gasteiger partial charge is 0.252 e. The van der Waals surface area contributed by atoms with E-state index in [0.29, 0.717) is 17.9 Å². The van der Waals surface area contributed by atoms with Gasteiger partial charge in [0, 0.05) is 29.4 Å². The van der Waals surface area contributed by atoms with Gasteiger partial charge in [0.15, 0.2) is 0 Å². The largest absolute Gasteiger partial charge is 0.361 e. The lowest BCUT2D eigenvalue weighted by molar-refractivity contribution is -0.130. The van der Waals surface area contributed by atoms with Crippen molar-refractivity contribution >= 4 is 39.9 Å². The number of rotatable bonds is 5. The number of carbonyl (C=O) groups is 2. The monoisotopic (exact) mass is 406 g/mol. The third-order valence-electron chi connectivity index (χ3n) is 5.45. The molecule has 0 radical (unpaired) electrons. The molecule has 6 nitrogen and oxygen atoms in total. The van der Waals surface area contributed by atoms with Gasteiger partial charge in [0.1, 0.15) is 5.82 Å². The summed E-state index contributed by atoms with van der Waals surface area (Å²) in [6.45, 7) is 1.57. The number of nitrogens with zero attached hydrogens (tertiary/aromatic N) is 2. The number of hydrogen-bond acceptors (Lipinski definition) is 5. The van der Waals surface area contributed by atoms with Crippen molar-refractivity contribution in [3.05, 3.63) is 57.8 Å². The number of para-hydroxylation sites is 1. The van der Waals surface area contributed by atoms with Gasteiger partial charge < -0.3 is 15.5 Å². The summed E-state index contributed by atoms with van der Waals surface area (Å²) < 4.78 is 0. The molecule has 29 heavy (non-hydrogen) atoms. The number of amides is 2. The van der Waals surface area contributed by atoms with E-state index in [0.717, 1.165) is 36.7 Å². The first kappa shape index (κ1) is 18.1. The van der Waals surface area contributed by atoms with Gasteiger partial charge in [-0.25, -0.2) is 4.98 Å². The van der Waals surface area contributed by atoms with Crippen molar-refractivity contribution in [1.82, 2.24) is 15.2 Å². The molecule has 1 saturated carbocycles. The van der Waals surface area contributed by atoms with Crippen LogP contribution >= 0.6 is 11.3 Å². The van der Waals surface area contributed by atoms with E-state index in [9.17, 15) is 9.59 Å². The quantitative estimate of drug-likeness (QED) is 0.683. The second kappa shape index (κ2) is 7.48. The van der Waals surface area contributed by atoms with Crippen LogP contribution in [0.5, 0.6) is 0 Å². The van der Waals surface area contributed by atoms with Gasteiger partial charge in [-0.2, -0.15) is 0 Å². The minimum absolute atomic E-state index is 0.0424. The van der Waals surface area contributed by atoms with Crippen LogP contribution in [0.1, 0.15) is 33.6 Å². The molecular formula is C22H22N4O2S. The van der Waals surface area contributed by atoms with E-state index in [-0.39, 0.29) is 24.4 Å². The highest BCUT2D eigenvalue weighted by molar-refractivity contribution is 7.10. The number of hydrogen-bond donors (Lipinski definition) is 2. The van der Waals surface area contributed by atoms with Crippen LogP contribution in [0, 0.1) is 0 Å². The van der Waals surface area contributed by atoms with Crippen LogP contribution in [-0.4, -0.2) is 40.8 Å². The molecule has 0 bridgehead atoms. The van der Waals surface area contributed by atoms with Crippen molar-refractivity contribution in [3.63, 3.8) is 0 Å². The van der Waals surface area contributed by atoms with Crippen molar-refractivity contribution in [2.45, 2.75) is 31.8 Å². The zero-order chi connectivity index (χ0) is 19.8. The number of carbonyl (C=O) groups excluding carboxylic acids is 2. The zero-order valence-electron chi connectivity index (χ0n) is 16.0. The molecule has 2 N–H and O–H groups in total. The number of fused-ring (bicyclic) bond motifs is 2. The second-order valence-corrected chi connectivity index (χ2v) is 8.61. The van der Waals surface area contributed by atoms with Crippen LogP contribution in [0.3, 0.4) is 0 Å². The predicted molar refractivity (Wildman–Crippen MR) is 114 cm³/mol. The SMILES string of the molecule is O=C(NC1CC1)c1cc(NCC(=O)N2CCc3sccc3C2)nc2ccccc12. The third-order valence-corrected chi connectivity index (χ3v) is 6.48. The standard InChI is InChI=1S/C22H22N4O2S/c27-21(26-9-7-19-14(13-26)8-10-29-19)12-23-20-11-17(22(28)24-15-5-6-15)16-3-1-2-4-18(16)25-20/h1-4,8,10-11,15H,5-7,9,12-13H2,(H,23,25)(H,24,28). The molecule has 1 fully saturated rings. The number of benzene rings is 1. The van der Waals surface area contributed by atoms with Crippen molar-refractivity contribution in [2.75, 3.05) is 18.4 Å². The molecular weight excluding hydrogens is 384 g/mol. The Kier molecular flexibility index (Phi) is 4.67. The maximum Gasteiger partial charge on any atom is 0.252 e. The maximum atomic E-state index is 12.7. The van der Waals surface area contributed by atoms with Crippen molar-refractivity contribution < 1.29 is 9.59 Å². The lowest BCUT2D eigenvalue weighted by Crippen LogP contribution is -2.38. The Bertz CT molecular complexity index is 1090. The normalized spacial score (nSPS) is 15.8. The summed E-state index contributed by atoms with van der Waals surface area (Å²) in [6.07, 6.45) is 2.99. The molecule has 0 unspecified atom stereocenters. The Labute approximate surface area is 172 Å². The Hall–Kier alpha value is -2.93. The van der Waals surface area contributed by atoms with Crippen molar-refractivity contribution in [1.29, 1.82) is 0 Å². The molecule has 2 amide bonds. The summed E-state index contributed by atoms with van der Waals surface area (Å²) in [5.74, 6) is 0.508.